The van der Waals surface area contributed by atoms with Gasteiger partial charge < -0.3 is 18.5 Å². The van der Waals surface area contributed by atoms with Gasteiger partial charge in [0.05, 0.1) is 20.3 Å². The first-order valence-electron chi connectivity index (χ1n) is 8.92. The molecule has 1 aliphatic heterocycles. The number of benzene rings is 1. The van der Waals surface area contributed by atoms with Crippen LogP contribution in [0.4, 0.5) is 4.79 Å². The van der Waals surface area contributed by atoms with E-state index < -0.39 is 31.5 Å². The van der Waals surface area contributed by atoms with Gasteiger partial charge in [0, 0.05) is 0 Å². The monoisotopic (exact) mass is 399 g/mol. The average molecular weight is 399 g/mol. The Balaban J connectivity index is 2.23. The third kappa shape index (κ3) is 5.09. The average Bonchev–Trinajstić information content (AvgIpc) is 3.13. The molecule has 0 radical (unpaired) electrons. The van der Waals surface area contributed by atoms with E-state index in [0.717, 1.165) is 10.5 Å². The fourth-order valence-electron chi connectivity index (χ4n) is 3.08. The highest BCUT2D eigenvalue weighted by molar-refractivity contribution is 7.54. The molecular formula is C18H26NO7P. The van der Waals surface area contributed by atoms with Crippen molar-refractivity contribution in [3.63, 3.8) is 0 Å². The van der Waals surface area contributed by atoms with E-state index in [1.807, 2.05) is 30.3 Å². The van der Waals surface area contributed by atoms with Gasteiger partial charge in [-0.3, -0.25) is 9.46 Å². The third-order valence-electron chi connectivity index (χ3n) is 4.23. The van der Waals surface area contributed by atoms with Gasteiger partial charge in [-0.15, -0.1) is 0 Å². The Morgan fingerprint density at radius 1 is 1.11 bits per heavy atom. The Hall–Kier alpha value is -1.89. The van der Waals surface area contributed by atoms with E-state index in [-0.39, 0.29) is 26.2 Å². The maximum absolute atomic E-state index is 13.2. The Labute approximate surface area is 159 Å². The van der Waals surface area contributed by atoms with E-state index in [9.17, 15) is 14.2 Å². The minimum atomic E-state index is -3.64. The number of hydrogen-bond donors (Lipinski definition) is 0. The van der Waals surface area contributed by atoms with E-state index >= 15 is 0 Å². The molecule has 9 heteroatoms. The van der Waals surface area contributed by atoms with Crippen molar-refractivity contribution in [1.82, 2.24) is 4.90 Å². The standard InChI is InChI=1S/C18H26NO7P/c1-4-25-27(22,26-5-2)16-12-11-15(17(20)23-3)19(16)18(21)24-13-14-9-7-6-8-10-14/h6-10,15-16H,4-5,11-13H2,1-3H3/t15-,16?/m0/s1. The highest BCUT2D eigenvalue weighted by Crippen LogP contribution is 2.58. The molecule has 2 atom stereocenters. The summed E-state index contributed by atoms with van der Waals surface area (Å²) in [5.74, 6) is -1.49. The summed E-state index contributed by atoms with van der Waals surface area (Å²) >= 11 is 0. The summed E-state index contributed by atoms with van der Waals surface area (Å²) in [4.78, 5) is 26.1. The predicted molar refractivity (Wildman–Crippen MR) is 98.2 cm³/mol. The van der Waals surface area contributed by atoms with Crippen LogP contribution in [0, 0.1) is 0 Å². The number of nitrogens with zero attached hydrogens (tertiary/aromatic N) is 1. The molecule has 0 N–H and O–H groups in total. The van der Waals surface area contributed by atoms with Gasteiger partial charge in [-0.2, -0.15) is 0 Å². The number of rotatable bonds is 8. The Kier molecular flexibility index (Phi) is 7.83. The van der Waals surface area contributed by atoms with E-state index in [1.54, 1.807) is 13.8 Å². The third-order valence-corrected chi connectivity index (χ3v) is 6.70. The molecule has 1 aromatic carbocycles. The Morgan fingerprint density at radius 3 is 2.30 bits per heavy atom. The molecule has 1 heterocycles. The van der Waals surface area contributed by atoms with Crippen LogP contribution in [-0.4, -0.2) is 49.1 Å². The van der Waals surface area contributed by atoms with Gasteiger partial charge in [0.1, 0.15) is 18.4 Å². The topological polar surface area (TPSA) is 91.4 Å². The maximum Gasteiger partial charge on any atom is 0.411 e. The summed E-state index contributed by atoms with van der Waals surface area (Å²) in [6.45, 7) is 3.73. The van der Waals surface area contributed by atoms with Gasteiger partial charge in [-0.05, 0) is 32.3 Å². The molecule has 0 aliphatic carbocycles. The zero-order chi connectivity index (χ0) is 19.9. The van der Waals surface area contributed by atoms with Crippen molar-refractivity contribution < 1.29 is 32.7 Å². The van der Waals surface area contributed by atoms with Gasteiger partial charge in [0.25, 0.3) is 0 Å². The molecule has 0 saturated carbocycles. The molecule has 0 spiro atoms. The zero-order valence-corrected chi connectivity index (χ0v) is 16.7. The molecule has 1 saturated heterocycles. The molecule has 0 aromatic heterocycles. The minimum Gasteiger partial charge on any atom is -0.467 e. The smallest absolute Gasteiger partial charge is 0.411 e. The summed E-state index contributed by atoms with van der Waals surface area (Å²) in [5.41, 5.74) is 0.800. The lowest BCUT2D eigenvalue weighted by Gasteiger charge is -2.32. The molecule has 150 valence electrons. The van der Waals surface area contributed by atoms with Crippen LogP contribution in [0.15, 0.2) is 30.3 Å². The lowest BCUT2D eigenvalue weighted by Crippen LogP contribution is -2.46. The number of hydrogen-bond acceptors (Lipinski definition) is 7. The summed E-state index contributed by atoms with van der Waals surface area (Å²) in [7, 11) is -2.40. The number of methoxy groups -OCH3 is 1. The molecule has 1 amide bonds. The lowest BCUT2D eigenvalue weighted by molar-refractivity contribution is -0.145. The normalized spacial score (nSPS) is 19.7. The fraction of sp³-hybridized carbons (Fsp3) is 0.556. The van der Waals surface area contributed by atoms with Crippen LogP contribution in [0.25, 0.3) is 0 Å². The quantitative estimate of drug-likeness (QED) is 0.488. The van der Waals surface area contributed by atoms with E-state index in [2.05, 4.69) is 0 Å². The van der Waals surface area contributed by atoms with Gasteiger partial charge in [-0.1, -0.05) is 30.3 Å². The van der Waals surface area contributed by atoms with Crippen LogP contribution in [0.1, 0.15) is 32.3 Å². The Morgan fingerprint density at radius 2 is 1.74 bits per heavy atom. The van der Waals surface area contributed by atoms with Crippen molar-refractivity contribution in [1.29, 1.82) is 0 Å². The Bertz CT molecular complexity index is 672. The number of carbonyl (C=O) groups is 2. The molecule has 1 fully saturated rings. The summed E-state index contributed by atoms with van der Waals surface area (Å²) < 4.78 is 34.2. The number of ether oxygens (including phenoxy) is 2. The molecule has 1 aliphatic rings. The van der Waals surface area contributed by atoms with Crippen LogP contribution in [-0.2, 0) is 34.5 Å². The summed E-state index contributed by atoms with van der Waals surface area (Å²) in [6.07, 6.45) is -0.171. The van der Waals surface area contributed by atoms with Gasteiger partial charge >= 0.3 is 19.7 Å². The van der Waals surface area contributed by atoms with Crippen molar-refractivity contribution in [2.75, 3.05) is 20.3 Å². The van der Waals surface area contributed by atoms with Crippen LogP contribution in [0.3, 0.4) is 0 Å². The second-order valence-electron chi connectivity index (χ2n) is 5.92. The van der Waals surface area contributed by atoms with Crippen LogP contribution in [0.5, 0.6) is 0 Å². The maximum atomic E-state index is 13.2. The van der Waals surface area contributed by atoms with E-state index in [0.29, 0.717) is 6.42 Å². The van der Waals surface area contributed by atoms with Crippen LogP contribution >= 0.6 is 7.60 Å². The molecule has 1 aromatic rings. The van der Waals surface area contributed by atoms with Crippen molar-refractivity contribution in [2.45, 2.75) is 45.1 Å². The lowest BCUT2D eigenvalue weighted by atomic mass is 10.2. The van der Waals surface area contributed by atoms with Crippen molar-refractivity contribution in [3.8, 4) is 0 Å². The first kappa shape index (κ1) is 21.4. The van der Waals surface area contributed by atoms with E-state index in [1.165, 1.54) is 7.11 Å². The van der Waals surface area contributed by atoms with Crippen LogP contribution < -0.4 is 0 Å². The largest absolute Gasteiger partial charge is 0.467 e. The van der Waals surface area contributed by atoms with Crippen molar-refractivity contribution >= 4 is 19.7 Å². The number of amides is 1. The van der Waals surface area contributed by atoms with Gasteiger partial charge in [-0.25, -0.2) is 9.59 Å². The molecular weight excluding hydrogens is 373 g/mol. The fourth-order valence-corrected chi connectivity index (χ4v) is 5.25. The zero-order valence-electron chi connectivity index (χ0n) is 15.8. The molecule has 2 rings (SSSR count). The first-order chi connectivity index (χ1) is 13.0. The number of carbonyl (C=O) groups excluding carboxylic acids is 2. The molecule has 27 heavy (non-hydrogen) atoms. The number of likely N-dealkylation sites (tertiary alicyclic amines) is 1. The molecule has 1 unspecified atom stereocenters. The molecule has 8 nitrogen and oxygen atoms in total. The number of esters is 1. The molecule has 0 bridgehead atoms. The van der Waals surface area contributed by atoms with Crippen molar-refractivity contribution in [3.05, 3.63) is 35.9 Å². The first-order valence-corrected chi connectivity index (χ1v) is 10.5. The van der Waals surface area contributed by atoms with Crippen molar-refractivity contribution in [2.24, 2.45) is 0 Å². The predicted octanol–water partition coefficient (Wildman–Crippen LogP) is 3.55. The van der Waals surface area contributed by atoms with Crippen LogP contribution in [0.2, 0.25) is 0 Å². The minimum absolute atomic E-state index is 0.0321. The summed E-state index contributed by atoms with van der Waals surface area (Å²) in [6, 6.07) is 8.26. The highest BCUT2D eigenvalue weighted by atomic mass is 31.2. The highest BCUT2D eigenvalue weighted by Gasteiger charge is 2.52. The second-order valence-corrected chi connectivity index (χ2v) is 8.11. The van der Waals surface area contributed by atoms with Gasteiger partial charge in [0.2, 0.25) is 0 Å². The second kappa shape index (κ2) is 9.88. The van der Waals surface area contributed by atoms with Gasteiger partial charge in [0.15, 0.2) is 0 Å². The summed E-state index contributed by atoms with van der Waals surface area (Å²) in [5, 5.41) is 0. The SMILES string of the molecule is CCOP(=O)(OCC)C1CC[C@@H](C(=O)OC)N1C(=O)OCc1ccccc1. The van der Waals surface area contributed by atoms with E-state index in [4.69, 9.17) is 18.5 Å².